The quantitative estimate of drug-likeness (QED) is 0.449. The van der Waals surface area contributed by atoms with Crippen molar-refractivity contribution < 1.29 is 14.3 Å². The zero-order valence-electron chi connectivity index (χ0n) is 15.1. The number of aliphatic imine (C=N–C) groups is 1. The van der Waals surface area contributed by atoms with E-state index in [2.05, 4.69) is 21.8 Å². The lowest BCUT2D eigenvalue weighted by atomic mass is 10.1. The maximum Gasteiger partial charge on any atom is 0.243 e. The fraction of sp³-hybridized carbons (Fsp3) is 0.765. The van der Waals surface area contributed by atoms with Crippen LogP contribution in [0.15, 0.2) is 17.1 Å². The van der Waals surface area contributed by atoms with Crippen LogP contribution in [0.3, 0.4) is 0 Å². The molecule has 2 aliphatic rings. The molecule has 2 unspecified atom stereocenters. The molecule has 2 heterocycles. The molecular weight excluding hydrogens is 308 g/mol. The zero-order valence-corrected chi connectivity index (χ0v) is 15.1. The normalized spacial score (nSPS) is 24.8. The molecule has 7 heteroatoms. The monoisotopic (exact) mass is 338 g/mol. The molecule has 0 aromatic rings. The fourth-order valence-corrected chi connectivity index (χ4v) is 2.77. The Bertz CT molecular complexity index is 472. The molecule has 2 fully saturated rings. The van der Waals surface area contributed by atoms with Crippen molar-refractivity contribution >= 4 is 11.9 Å². The van der Waals surface area contributed by atoms with Crippen LogP contribution in [-0.4, -0.2) is 87.4 Å². The van der Waals surface area contributed by atoms with Crippen molar-refractivity contribution in [3.05, 3.63) is 12.2 Å². The summed E-state index contributed by atoms with van der Waals surface area (Å²) in [5.41, 5.74) is 1.02. The van der Waals surface area contributed by atoms with Crippen LogP contribution in [0.2, 0.25) is 0 Å². The van der Waals surface area contributed by atoms with Crippen molar-refractivity contribution in [1.82, 2.24) is 15.1 Å². The first kappa shape index (κ1) is 18.7. The van der Waals surface area contributed by atoms with Gasteiger partial charge >= 0.3 is 0 Å². The lowest BCUT2D eigenvalue weighted by Crippen LogP contribution is -2.53. The van der Waals surface area contributed by atoms with E-state index in [0.717, 1.165) is 44.1 Å². The number of carbonyl (C=O) groups is 1. The van der Waals surface area contributed by atoms with Crippen LogP contribution in [0.25, 0.3) is 0 Å². The van der Waals surface area contributed by atoms with Gasteiger partial charge in [-0.05, 0) is 19.8 Å². The summed E-state index contributed by atoms with van der Waals surface area (Å²) >= 11 is 0. The maximum atomic E-state index is 11.9. The maximum absolute atomic E-state index is 11.9. The Labute approximate surface area is 144 Å². The van der Waals surface area contributed by atoms with Gasteiger partial charge in [0.1, 0.15) is 12.6 Å². The van der Waals surface area contributed by atoms with Crippen LogP contribution in [0, 0.1) is 0 Å². The van der Waals surface area contributed by atoms with Crippen LogP contribution in [0.5, 0.6) is 0 Å². The predicted octanol–water partition coefficient (Wildman–Crippen LogP) is 0.476. The van der Waals surface area contributed by atoms with E-state index >= 15 is 0 Å². The van der Waals surface area contributed by atoms with Crippen molar-refractivity contribution in [1.29, 1.82) is 0 Å². The third-order valence-electron chi connectivity index (χ3n) is 4.18. The van der Waals surface area contributed by atoms with Crippen LogP contribution in [-0.2, 0) is 14.3 Å². The van der Waals surface area contributed by atoms with Crippen molar-refractivity contribution in [2.45, 2.75) is 32.0 Å². The second-order valence-corrected chi connectivity index (χ2v) is 6.65. The van der Waals surface area contributed by atoms with Crippen molar-refractivity contribution in [2.24, 2.45) is 4.99 Å². The van der Waals surface area contributed by atoms with Crippen molar-refractivity contribution in [3.63, 3.8) is 0 Å². The Kier molecular flexibility index (Phi) is 7.05. The summed E-state index contributed by atoms with van der Waals surface area (Å²) in [5, 5.41) is 3.30. The molecule has 1 amide bonds. The standard InChI is InChI=1S/C17H30N4O3/c1-13(2)10-18-17(19-11-16(22)20(3)4)21-7-9-24-15(12-21)14-6-5-8-23-14/h14-15H,1,5-12H2,2-4H3,(H,18,19). The molecule has 0 bridgehead atoms. The van der Waals surface area contributed by atoms with Gasteiger partial charge in [0.15, 0.2) is 5.96 Å². The second kappa shape index (κ2) is 9.03. The number of morpholine rings is 1. The largest absolute Gasteiger partial charge is 0.375 e. The van der Waals surface area contributed by atoms with Crippen molar-refractivity contribution in [3.8, 4) is 0 Å². The highest BCUT2D eigenvalue weighted by Crippen LogP contribution is 2.21. The van der Waals surface area contributed by atoms with Gasteiger partial charge in [0, 0.05) is 40.3 Å². The number of amides is 1. The zero-order chi connectivity index (χ0) is 17.5. The molecule has 136 valence electrons. The topological polar surface area (TPSA) is 66.4 Å². The SMILES string of the molecule is C=C(C)CNC(=NCC(=O)N(C)C)N1CCOC(C2CCCO2)C1. The van der Waals surface area contributed by atoms with Crippen LogP contribution >= 0.6 is 0 Å². The lowest BCUT2D eigenvalue weighted by molar-refractivity contribution is -0.127. The van der Waals surface area contributed by atoms with Gasteiger partial charge in [-0.15, -0.1) is 0 Å². The first-order valence-electron chi connectivity index (χ1n) is 8.58. The summed E-state index contributed by atoms with van der Waals surface area (Å²) < 4.78 is 11.7. The number of ether oxygens (including phenoxy) is 2. The molecule has 0 spiro atoms. The number of hydrogen-bond acceptors (Lipinski definition) is 4. The highest BCUT2D eigenvalue weighted by atomic mass is 16.5. The van der Waals surface area contributed by atoms with E-state index < -0.39 is 0 Å². The van der Waals surface area contributed by atoms with Gasteiger partial charge in [0.05, 0.1) is 12.7 Å². The van der Waals surface area contributed by atoms with Gasteiger partial charge in [-0.3, -0.25) is 4.79 Å². The molecule has 2 saturated heterocycles. The Morgan fingerprint density at radius 1 is 1.33 bits per heavy atom. The van der Waals surface area contributed by atoms with E-state index in [9.17, 15) is 4.79 Å². The first-order chi connectivity index (χ1) is 11.5. The molecule has 2 aliphatic heterocycles. The number of nitrogens with zero attached hydrogens (tertiary/aromatic N) is 3. The summed E-state index contributed by atoms with van der Waals surface area (Å²) in [6, 6.07) is 0. The van der Waals surface area contributed by atoms with Crippen LogP contribution in [0.4, 0.5) is 0 Å². The minimum absolute atomic E-state index is 0.0199. The number of hydrogen-bond donors (Lipinski definition) is 1. The molecule has 1 N–H and O–H groups in total. The molecule has 2 rings (SSSR count). The third kappa shape index (κ3) is 5.49. The van der Waals surface area contributed by atoms with E-state index in [4.69, 9.17) is 9.47 Å². The number of carbonyl (C=O) groups excluding carboxylic acids is 1. The molecule has 2 atom stereocenters. The third-order valence-corrected chi connectivity index (χ3v) is 4.18. The van der Waals surface area contributed by atoms with Gasteiger partial charge in [-0.1, -0.05) is 12.2 Å². The minimum Gasteiger partial charge on any atom is -0.375 e. The average molecular weight is 338 g/mol. The molecule has 0 radical (unpaired) electrons. The molecule has 24 heavy (non-hydrogen) atoms. The van der Waals surface area contributed by atoms with Gasteiger partial charge in [-0.25, -0.2) is 4.99 Å². The highest BCUT2D eigenvalue weighted by molar-refractivity contribution is 5.85. The number of likely N-dealkylation sites (N-methyl/N-ethyl adjacent to an activating group) is 1. The Hall–Kier alpha value is -1.60. The predicted molar refractivity (Wildman–Crippen MR) is 94.1 cm³/mol. The van der Waals surface area contributed by atoms with Gasteiger partial charge < -0.3 is 24.6 Å². The van der Waals surface area contributed by atoms with Gasteiger partial charge in [-0.2, -0.15) is 0 Å². The summed E-state index contributed by atoms with van der Waals surface area (Å²) in [6.07, 6.45) is 2.36. The van der Waals surface area contributed by atoms with E-state index in [0.29, 0.717) is 13.2 Å². The number of guanidine groups is 1. The van der Waals surface area contributed by atoms with E-state index in [-0.39, 0.29) is 24.7 Å². The second-order valence-electron chi connectivity index (χ2n) is 6.65. The molecule has 0 aliphatic carbocycles. The summed E-state index contributed by atoms with van der Waals surface area (Å²) in [7, 11) is 3.47. The number of nitrogens with one attached hydrogen (secondary N) is 1. The first-order valence-corrected chi connectivity index (χ1v) is 8.58. The summed E-state index contributed by atoms with van der Waals surface area (Å²) in [5.74, 6) is 0.716. The lowest BCUT2D eigenvalue weighted by Gasteiger charge is -2.37. The van der Waals surface area contributed by atoms with Crippen LogP contribution < -0.4 is 5.32 Å². The fourth-order valence-electron chi connectivity index (χ4n) is 2.77. The highest BCUT2D eigenvalue weighted by Gasteiger charge is 2.32. The molecule has 0 saturated carbocycles. The summed E-state index contributed by atoms with van der Waals surface area (Å²) in [6.45, 7) is 9.58. The van der Waals surface area contributed by atoms with Crippen molar-refractivity contribution in [2.75, 3.05) is 53.5 Å². The van der Waals surface area contributed by atoms with Crippen LogP contribution in [0.1, 0.15) is 19.8 Å². The van der Waals surface area contributed by atoms with E-state index in [1.807, 2.05) is 6.92 Å². The van der Waals surface area contributed by atoms with E-state index in [1.54, 1.807) is 19.0 Å². The minimum atomic E-state index is -0.0199. The van der Waals surface area contributed by atoms with E-state index in [1.165, 1.54) is 0 Å². The number of rotatable bonds is 5. The Morgan fingerprint density at radius 2 is 2.08 bits per heavy atom. The van der Waals surface area contributed by atoms with Gasteiger partial charge in [0.25, 0.3) is 0 Å². The van der Waals surface area contributed by atoms with Gasteiger partial charge in [0.2, 0.25) is 5.91 Å². The molecular formula is C17H30N4O3. The Morgan fingerprint density at radius 3 is 2.71 bits per heavy atom. The Balaban J connectivity index is 2.02. The smallest absolute Gasteiger partial charge is 0.243 e. The molecule has 0 aromatic carbocycles. The summed E-state index contributed by atoms with van der Waals surface area (Å²) in [4.78, 5) is 20.1. The molecule has 0 aromatic heterocycles. The molecule has 7 nitrogen and oxygen atoms in total. The average Bonchev–Trinajstić information content (AvgIpc) is 3.09.